The highest BCUT2D eigenvalue weighted by Crippen LogP contribution is 2.32. The van der Waals surface area contributed by atoms with E-state index in [1.165, 1.54) is 6.42 Å². The van der Waals surface area contributed by atoms with Crippen molar-refractivity contribution in [1.82, 2.24) is 29.1 Å². The Hall–Kier alpha value is -4.40. The molecule has 0 saturated heterocycles. The van der Waals surface area contributed by atoms with E-state index in [0.717, 1.165) is 48.6 Å². The van der Waals surface area contributed by atoms with Gasteiger partial charge in [0.15, 0.2) is 11.4 Å². The van der Waals surface area contributed by atoms with Gasteiger partial charge in [0.05, 0.1) is 47.4 Å². The summed E-state index contributed by atoms with van der Waals surface area (Å²) in [7, 11) is 0. The van der Waals surface area contributed by atoms with E-state index in [2.05, 4.69) is 20.6 Å². The first-order valence-electron chi connectivity index (χ1n) is 12.8. The second-order valence-electron chi connectivity index (χ2n) is 9.59. The van der Waals surface area contributed by atoms with Crippen molar-refractivity contribution in [3.8, 4) is 22.8 Å². The van der Waals surface area contributed by atoms with Gasteiger partial charge in [0, 0.05) is 13.1 Å². The Kier molecular flexibility index (Phi) is 5.27. The maximum absolute atomic E-state index is 13.6. The second kappa shape index (κ2) is 8.92. The number of fused-ring (bicyclic) bond motifs is 3. The van der Waals surface area contributed by atoms with E-state index < -0.39 is 0 Å². The summed E-state index contributed by atoms with van der Waals surface area (Å²) in [6.07, 6.45) is 6.75. The van der Waals surface area contributed by atoms with E-state index in [9.17, 15) is 4.79 Å². The molecule has 7 rings (SSSR count). The van der Waals surface area contributed by atoms with Crippen molar-refractivity contribution >= 4 is 17.0 Å². The largest absolute Gasteiger partial charge is 0.486 e. The molecule has 4 heterocycles. The fraction of sp³-hybridized carbons (Fsp3) is 0.286. The fourth-order valence-electron chi connectivity index (χ4n) is 5.17. The van der Waals surface area contributed by atoms with Crippen LogP contribution in [0.3, 0.4) is 0 Å². The van der Waals surface area contributed by atoms with Crippen LogP contribution >= 0.6 is 0 Å². The third kappa shape index (κ3) is 3.78. The molecule has 1 aliphatic heterocycles. The van der Waals surface area contributed by atoms with Crippen LogP contribution in [0.25, 0.3) is 28.1 Å². The molecule has 186 valence electrons. The Morgan fingerprint density at radius 3 is 2.65 bits per heavy atom. The van der Waals surface area contributed by atoms with Gasteiger partial charge < -0.3 is 14.2 Å². The Bertz CT molecular complexity index is 1630. The number of hydrogen-bond acceptors (Lipinski definition) is 6. The first-order chi connectivity index (χ1) is 18.3. The average molecular weight is 494 g/mol. The number of imidazole rings is 1. The van der Waals surface area contributed by atoms with Gasteiger partial charge in [-0.2, -0.15) is 10.2 Å². The first-order valence-corrected chi connectivity index (χ1v) is 12.8. The zero-order valence-corrected chi connectivity index (χ0v) is 20.4. The minimum absolute atomic E-state index is 0.220. The van der Waals surface area contributed by atoms with Crippen LogP contribution in [-0.2, 0) is 6.54 Å². The number of benzene rings is 2. The molecule has 0 spiro atoms. The highest BCUT2D eigenvalue weighted by atomic mass is 16.5. The lowest BCUT2D eigenvalue weighted by atomic mass is 9.93. The van der Waals surface area contributed by atoms with Gasteiger partial charge in [0.25, 0.3) is 5.43 Å². The van der Waals surface area contributed by atoms with Crippen molar-refractivity contribution in [2.45, 2.75) is 31.8 Å². The number of ether oxygens (including phenoxy) is 1. The lowest BCUT2D eigenvalue weighted by Crippen LogP contribution is -2.29. The van der Waals surface area contributed by atoms with Gasteiger partial charge in [-0.25, -0.2) is 9.67 Å². The van der Waals surface area contributed by atoms with Crippen LogP contribution < -0.4 is 15.1 Å². The molecule has 0 unspecified atom stereocenters. The van der Waals surface area contributed by atoms with Crippen molar-refractivity contribution in [3.63, 3.8) is 0 Å². The summed E-state index contributed by atoms with van der Waals surface area (Å²) in [5, 5.41) is 9.23. The van der Waals surface area contributed by atoms with Crippen LogP contribution in [0.1, 0.15) is 25.3 Å². The first kappa shape index (κ1) is 21.8. The predicted octanol–water partition coefficient (Wildman–Crippen LogP) is 4.07. The van der Waals surface area contributed by atoms with E-state index in [1.807, 2.05) is 59.3 Å². The number of aromatic nitrogens is 6. The molecule has 0 N–H and O–H groups in total. The van der Waals surface area contributed by atoms with Gasteiger partial charge in [0.1, 0.15) is 6.61 Å². The van der Waals surface area contributed by atoms with Crippen LogP contribution in [0, 0.1) is 0 Å². The van der Waals surface area contributed by atoms with Crippen LogP contribution in [0.15, 0.2) is 77.9 Å². The van der Waals surface area contributed by atoms with Crippen molar-refractivity contribution in [2.24, 2.45) is 0 Å². The standard InChI is InChI=1S/C28H27N7O2/c36-27-25(37-18-17-32-15-16-33-23-12-5-4-11-22(23)30-28(32)33)19-34(20-9-6-10-20)31-26(27)24-13-14-29-35(24)21-7-2-1-3-8-21/h1-5,7-8,11-14,19-20H,6,9-10,15-18H2. The smallest absolute Gasteiger partial charge is 0.251 e. The molecule has 9 heteroatoms. The van der Waals surface area contributed by atoms with Crippen LogP contribution in [0.4, 0.5) is 5.95 Å². The maximum atomic E-state index is 13.6. The predicted molar refractivity (Wildman–Crippen MR) is 141 cm³/mol. The Morgan fingerprint density at radius 1 is 0.973 bits per heavy atom. The van der Waals surface area contributed by atoms with Crippen molar-refractivity contribution in [1.29, 1.82) is 0 Å². The van der Waals surface area contributed by atoms with Crippen LogP contribution in [0.5, 0.6) is 5.75 Å². The SMILES string of the molecule is O=c1c(OCCN2CCn3c2nc2ccccc23)cn(C2CCC2)nc1-c1ccnn1-c1ccccc1. The molecule has 5 aromatic rings. The van der Waals surface area contributed by atoms with E-state index >= 15 is 0 Å². The monoisotopic (exact) mass is 493 g/mol. The quantitative estimate of drug-likeness (QED) is 0.340. The molecule has 0 amide bonds. The van der Waals surface area contributed by atoms with Gasteiger partial charge in [-0.15, -0.1) is 0 Å². The molecule has 0 radical (unpaired) electrons. The van der Waals surface area contributed by atoms with Gasteiger partial charge >= 0.3 is 0 Å². The third-order valence-corrected chi connectivity index (χ3v) is 7.37. The topological polar surface area (TPSA) is 83.0 Å². The van der Waals surface area contributed by atoms with Gasteiger partial charge in [-0.1, -0.05) is 30.3 Å². The summed E-state index contributed by atoms with van der Waals surface area (Å²) < 4.78 is 12.1. The summed E-state index contributed by atoms with van der Waals surface area (Å²) in [5.41, 5.74) is 3.82. The second-order valence-corrected chi connectivity index (χ2v) is 9.59. The Labute approximate surface area is 213 Å². The number of rotatable bonds is 7. The molecule has 0 bridgehead atoms. The van der Waals surface area contributed by atoms with Gasteiger partial charge in [0.2, 0.25) is 5.95 Å². The van der Waals surface area contributed by atoms with Gasteiger partial charge in [-0.3, -0.25) is 9.48 Å². The third-order valence-electron chi connectivity index (χ3n) is 7.37. The number of nitrogens with zero attached hydrogens (tertiary/aromatic N) is 7. The summed E-state index contributed by atoms with van der Waals surface area (Å²) in [5.74, 6) is 1.28. The lowest BCUT2D eigenvalue weighted by Gasteiger charge is -2.28. The van der Waals surface area contributed by atoms with E-state index in [-0.39, 0.29) is 11.5 Å². The van der Waals surface area contributed by atoms with Crippen LogP contribution in [-0.4, -0.2) is 48.8 Å². The summed E-state index contributed by atoms with van der Waals surface area (Å²) in [4.78, 5) is 20.6. The van der Waals surface area contributed by atoms with Crippen molar-refractivity contribution in [2.75, 3.05) is 24.6 Å². The average Bonchev–Trinajstić information content (AvgIpc) is 3.61. The number of anilines is 1. The summed E-state index contributed by atoms with van der Waals surface area (Å²) >= 11 is 0. The minimum atomic E-state index is -0.220. The van der Waals surface area contributed by atoms with Gasteiger partial charge in [-0.05, 0) is 49.6 Å². The lowest BCUT2D eigenvalue weighted by molar-refractivity contribution is 0.271. The molecule has 2 aromatic carbocycles. The van der Waals surface area contributed by atoms with E-state index in [1.54, 1.807) is 17.1 Å². The van der Waals surface area contributed by atoms with Crippen molar-refractivity contribution in [3.05, 3.63) is 83.3 Å². The normalized spacial score (nSPS) is 15.2. The highest BCUT2D eigenvalue weighted by Gasteiger charge is 2.26. The van der Waals surface area contributed by atoms with E-state index in [4.69, 9.17) is 14.8 Å². The molecule has 1 fully saturated rings. The Morgan fingerprint density at radius 2 is 1.81 bits per heavy atom. The fourth-order valence-corrected chi connectivity index (χ4v) is 5.17. The molecular weight excluding hydrogens is 466 g/mol. The number of para-hydroxylation sites is 3. The zero-order valence-electron chi connectivity index (χ0n) is 20.4. The molecule has 0 atom stereocenters. The molecule has 37 heavy (non-hydrogen) atoms. The molecule has 1 saturated carbocycles. The molecule has 9 nitrogen and oxygen atoms in total. The maximum Gasteiger partial charge on any atom is 0.251 e. The minimum Gasteiger partial charge on any atom is -0.486 e. The van der Waals surface area contributed by atoms with E-state index in [0.29, 0.717) is 30.3 Å². The summed E-state index contributed by atoms with van der Waals surface area (Å²) in [6.45, 7) is 2.80. The molecular formula is C28H27N7O2. The van der Waals surface area contributed by atoms with Crippen molar-refractivity contribution < 1.29 is 4.74 Å². The van der Waals surface area contributed by atoms with Crippen LogP contribution in [0.2, 0.25) is 0 Å². The summed E-state index contributed by atoms with van der Waals surface area (Å²) in [6, 6.07) is 20.1. The highest BCUT2D eigenvalue weighted by molar-refractivity contribution is 5.79. The molecule has 2 aliphatic rings. The molecule has 3 aromatic heterocycles. The number of hydrogen-bond donors (Lipinski definition) is 0. The molecule has 1 aliphatic carbocycles. The zero-order chi connectivity index (χ0) is 24.8. The Balaban J connectivity index is 1.17.